The molecule has 1 heterocycles. The van der Waals surface area contributed by atoms with Gasteiger partial charge in [-0.2, -0.15) is 0 Å². The van der Waals surface area contributed by atoms with E-state index >= 15 is 0 Å². The molecule has 9 heteroatoms. The highest BCUT2D eigenvalue weighted by Crippen LogP contribution is 2.15. The van der Waals surface area contributed by atoms with E-state index in [1.54, 1.807) is 51.3 Å². The van der Waals surface area contributed by atoms with Gasteiger partial charge in [0.15, 0.2) is 5.78 Å². The van der Waals surface area contributed by atoms with Crippen LogP contribution < -0.4 is 9.47 Å². The number of epoxide rings is 1. The van der Waals surface area contributed by atoms with Crippen LogP contribution in [0.2, 0.25) is 0 Å². The number of ether oxygens (including phenoxy) is 5. The van der Waals surface area contributed by atoms with Gasteiger partial charge in [-0.15, -0.1) is 0 Å². The van der Waals surface area contributed by atoms with Crippen molar-refractivity contribution in [1.29, 1.82) is 0 Å². The molecule has 0 aromatic heterocycles. The van der Waals surface area contributed by atoms with E-state index in [-0.39, 0.29) is 23.8 Å². The van der Waals surface area contributed by atoms with Crippen molar-refractivity contribution >= 4 is 29.8 Å². The Kier molecular flexibility index (Phi) is 15.1. The molecule has 0 bridgehead atoms. The highest BCUT2D eigenvalue weighted by atomic mass is 16.6. The Bertz CT molecular complexity index is 1310. The number of rotatable bonds is 10. The van der Waals surface area contributed by atoms with E-state index in [1.165, 1.54) is 6.08 Å². The number of ketones is 1. The summed E-state index contributed by atoms with van der Waals surface area (Å²) in [5, 5.41) is 0. The lowest BCUT2D eigenvalue weighted by molar-refractivity contribution is -0.149. The monoisotopic (exact) mass is 592 g/mol. The lowest BCUT2D eigenvalue weighted by Crippen LogP contribution is -2.23. The molecule has 0 amide bonds. The maximum absolute atomic E-state index is 12.1. The number of hydrogen-bond acceptors (Lipinski definition) is 9. The summed E-state index contributed by atoms with van der Waals surface area (Å²) in [4.78, 5) is 44.7. The molecule has 230 valence electrons. The van der Waals surface area contributed by atoms with Crippen molar-refractivity contribution in [2.75, 3.05) is 20.3 Å². The zero-order valence-corrected chi connectivity index (χ0v) is 25.6. The maximum Gasteiger partial charge on any atom is 0.335 e. The van der Waals surface area contributed by atoms with E-state index in [0.717, 1.165) is 17.4 Å². The number of carbonyl (C=O) groups is 4. The number of methoxy groups -OCH3 is 1. The fourth-order valence-electron chi connectivity index (χ4n) is 2.65. The predicted octanol–water partition coefficient (Wildman–Crippen LogP) is 6.09. The van der Waals surface area contributed by atoms with Crippen molar-refractivity contribution in [3.63, 3.8) is 0 Å². The van der Waals surface area contributed by atoms with Gasteiger partial charge in [0.1, 0.15) is 29.8 Å². The van der Waals surface area contributed by atoms with Gasteiger partial charge in [-0.05, 0) is 82.7 Å². The van der Waals surface area contributed by atoms with Crippen LogP contribution in [-0.4, -0.2) is 55.7 Å². The molecule has 9 nitrogen and oxygen atoms in total. The first-order chi connectivity index (χ1) is 20.1. The van der Waals surface area contributed by atoms with E-state index in [2.05, 4.69) is 19.7 Å². The van der Waals surface area contributed by atoms with E-state index in [1.807, 2.05) is 45.0 Å². The largest absolute Gasteiger partial charge is 0.497 e. The van der Waals surface area contributed by atoms with E-state index in [9.17, 15) is 19.2 Å². The van der Waals surface area contributed by atoms with Crippen molar-refractivity contribution < 1.29 is 42.9 Å². The van der Waals surface area contributed by atoms with Crippen LogP contribution in [-0.2, 0) is 28.6 Å². The Hall–Kier alpha value is -4.76. The van der Waals surface area contributed by atoms with Crippen molar-refractivity contribution in [2.45, 2.75) is 46.3 Å². The quantitative estimate of drug-likeness (QED) is 0.106. The normalized spacial score (nSPS) is 13.1. The minimum absolute atomic E-state index is 0.137. The molecule has 1 aliphatic heterocycles. The summed E-state index contributed by atoms with van der Waals surface area (Å²) < 4.78 is 24.6. The van der Waals surface area contributed by atoms with Gasteiger partial charge in [0, 0.05) is 22.8 Å². The fourth-order valence-corrected chi connectivity index (χ4v) is 2.65. The third-order valence-electron chi connectivity index (χ3n) is 4.97. The van der Waals surface area contributed by atoms with Gasteiger partial charge in [-0.3, -0.25) is 4.79 Å². The van der Waals surface area contributed by atoms with Crippen LogP contribution in [0.4, 0.5) is 0 Å². The van der Waals surface area contributed by atoms with Gasteiger partial charge in [0.05, 0.1) is 13.7 Å². The standard InChI is InChI=1S/C19H16O4.C8H14O2.C7H10O3/c1-3-19(21)23-17-11-7-15(8-12-17)18(20)13-6-14-4-9-16(22-2)10-5-14;1-6(2)7(9)10-8(3,4)5;1-5(2)7(8)10-4-6-3-9-6/h3-13H,1H2,2H3;1H2,2-5H3;6H,1,3-4H2,2H3. The summed E-state index contributed by atoms with van der Waals surface area (Å²) >= 11 is 0. The molecule has 0 spiro atoms. The summed E-state index contributed by atoms with van der Waals surface area (Å²) in [5.41, 5.74) is 1.87. The van der Waals surface area contributed by atoms with Gasteiger partial charge in [-0.25, -0.2) is 14.4 Å². The van der Waals surface area contributed by atoms with Crippen molar-refractivity contribution in [3.8, 4) is 11.5 Å². The van der Waals surface area contributed by atoms with Crippen molar-refractivity contribution in [3.05, 3.63) is 103 Å². The van der Waals surface area contributed by atoms with E-state index in [0.29, 0.717) is 35.7 Å². The molecule has 0 aliphatic carbocycles. The van der Waals surface area contributed by atoms with Gasteiger partial charge < -0.3 is 23.7 Å². The number of allylic oxidation sites excluding steroid dienone is 1. The molecule has 0 N–H and O–H groups in total. The first-order valence-electron chi connectivity index (χ1n) is 13.3. The Morgan fingerprint density at radius 2 is 1.44 bits per heavy atom. The molecular formula is C34H40O9. The van der Waals surface area contributed by atoms with Gasteiger partial charge in [-0.1, -0.05) is 37.9 Å². The topological polar surface area (TPSA) is 118 Å². The molecule has 1 unspecified atom stereocenters. The van der Waals surface area contributed by atoms with Crippen LogP contribution in [0.15, 0.2) is 91.6 Å². The number of carbonyl (C=O) groups excluding carboxylic acids is 4. The molecule has 2 aromatic rings. The zero-order chi connectivity index (χ0) is 32.6. The minimum atomic E-state index is -0.538. The molecular weight excluding hydrogens is 552 g/mol. The predicted molar refractivity (Wildman–Crippen MR) is 165 cm³/mol. The van der Waals surface area contributed by atoms with Crippen LogP contribution in [0, 0.1) is 0 Å². The number of benzene rings is 2. The zero-order valence-electron chi connectivity index (χ0n) is 25.6. The molecule has 1 fully saturated rings. The third-order valence-corrected chi connectivity index (χ3v) is 4.97. The Morgan fingerprint density at radius 3 is 1.86 bits per heavy atom. The molecule has 0 saturated carbocycles. The van der Waals surface area contributed by atoms with Crippen molar-refractivity contribution in [1.82, 2.24) is 0 Å². The minimum Gasteiger partial charge on any atom is -0.497 e. The Morgan fingerprint density at radius 1 is 0.907 bits per heavy atom. The van der Waals surface area contributed by atoms with E-state index in [4.69, 9.17) is 23.7 Å². The fraction of sp³-hybridized carbons (Fsp3) is 0.294. The number of hydrogen-bond donors (Lipinski definition) is 0. The van der Waals surface area contributed by atoms with Crippen LogP contribution in [0.5, 0.6) is 11.5 Å². The van der Waals surface area contributed by atoms with Crippen molar-refractivity contribution in [2.24, 2.45) is 0 Å². The molecule has 1 aliphatic rings. The first kappa shape index (κ1) is 36.3. The van der Waals surface area contributed by atoms with Crippen LogP contribution in [0.1, 0.15) is 50.5 Å². The highest BCUT2D eigenvalue weighted by molar-refractivity contribution is 6.06. The summed E-state index contributed by atoms with van der Waals surface area (Å²) in [7, 11) is 1.60. The Labute approximate surface area is 253 Å². The average Bonchev–Trinajstić information content (AvgIpc) is 3.79. The van der Waals surface area contributed by atoms with Crippen LogP contribution in [0.3, 0.4) is 0 Å². The molecule has 43 heavy (non-hydrogen) atoms. The van der Waals surface area contributed by atoms with Crippen LogP contribution in [0.25, 0.3) is 6.08 Å². The average molecular weight is 593 g/mol. The lowest BCUT2D eigenvalue weighted by Gasteiger charge is -2.19. The molecule has 1 atom stereocenters. The third kappa shape index (κ3) is 16.3. The summed E-state index contributed by atoms with van der Waals surface area (Å²) in [6.07, 6.45) is 4.44. The molecule has 2 aromatic carbocycles. The van der Waals surface area contributed by atoms with Crippen LogP contribution >= 0.6 is 0 Å². The van der Waals surface area contributed by atoms with Gasteiger partial charge >= 0.3 is 17.9 Å². The second-order valence-corrected chi connectivity index (χ2v) is 10.2. The molecule has 3 rings (SSSR count). The Balaban J connectivity index is 0.000000382. The van der Waals surface area contributed by atoms with Gasteiger partial charge in [0.2, 0.25) is 0 Å². The SMILES string of the molecule is C=C(C)C(=O)OC(C)(C)C.C=C(C)C(=O)OCC1CO1.C=CC(=O)Oc1ccc(C(=O)C=Cc2ccc(OC)cc2)cc1. The second-order valence-electron chi connectivity index (χ2n) is 10.2. The molecule has 0 radical (unpaired) electrons. The number of esters is 3. The first-order valence-corrected chi connectivity index (χ1v) is 13.3. The summed E-state index contributed by atoms with van der Waals surface area (Å²) in [6, 6.07) is 13.7. The lowest BCUT2D eigenvalue weighted by atomic mass is 10.1. The summed E-state index contributed by atoms with van der Waals surface area (Å²) in [5.74, 6) is -0.211. The summed E-state index contributed by atoms with van der Waals surface area (Å²) in [6.45, 7) is 20.0. The van der Waals surface area contributed by atoms with Gasteiger partial charge in [0.25, 0.3) is 0 Å². The highest BCUT2D eigenvalue weighted by Gasteiger charge is 2.24. The maximum atomic E-state index is 12.1. The van der Waals surface area contributed by atoms with E-state index < -0.39 is 11.6 Å². The smallest absolute Gasteiger partial charge is 0.335 e. The molecule has 1 saturated heterocycles. The second kappa shape index (κ2) is 17.9.